The summed E-state index contributed by atoms with van der Waals surface area (Å²) >= 11 is 5.67. The van der Waals surface area contributed by atoms with Gasteiger partial charge in [0, 0.05) is 28.5 Å². The second kappa shape index (κ2) is 11.1. The van der Waals surface area contributed by atoms with Gasteiger partial charge in [-0.25, -0.2) is 4.68 Å². The summed E-state index contributed by atoms with van der Waals surface area (Å²) in [6, 6.07) is 13.0. The van der Waals surface area contributed by atoms with Crippen LogP contribution in [-0.4, -0.2) is 41.5 Å². The Morgan fingerprint density at radius 2 is 1.97 bits per heavy atom. The van der Waals surface area contributed by atoms with Crippen molar-refractivity contribution in [3.8, 4) is 11.4 Å². The van der Waals surface area contributed by atoms with Crippen LogP contribution in [0.15, 0.2) is 47.1 Å². The predicted octanol–water partition coefficient (Wildman–Crippen LogP) is 8.45. The standard InChI is InChI=1S/C30H41BrN4OSSi/c1-20-16-22(31)13-14-24(20)28-26-27(25-12-7-8-15-32-25)34-35(17-21-10-9-11-21)29(26)33-23(19-37-28)18-36-38(5,6)30(2,3)4/h7-8,12-16,21,23,28,33H,9-11,17-19H2,1-6H3. The number of hydrogen-bond donors (Lipinski definition) is 1. The number of aromatic nitrogens is 3. The molecule has 5 rings (SSSR count). The lowest BCUT2D eigenvalue weighted by molar-refractivity contribution is 0.265. The minimum absolute atomic E-state index is 0.163. The van der Waals surface area contributed by atoms with Crippen LogP contribution in [0.4, 0.5) is 5.82 Å². The molecule has 204 valence electrons. The molecule has 1 fully saturated rings. The number of hydrogen-bond acceptors (Lipinski definition) is 5. The first-order chi connectivity index (χ1) is 18.0. The first kappa shape index (κ1) is 27.9. The number of aryl methyl sites for hydroxylation is 1. The molecule has 1 N–H and O–H groups in total. The smallest absolute Gasteiger partial charge is 0.192 e. The Morgan fingerprint density at radius 1 is 1.18 bits per heavy atom. The van der Waals surface area contributed by atoms with Gasteiger partial charge in [-0.3, -0.25) is 4.98 Å². The average Bonchev–Trinajstić information content (AvgIpc) is 3.07. The number of nitrogens with one attached hydrogen (secondary N) is 1. The summed E-state index contributed by atoms with van der Waals surface area (Å²) in [4.78, 5) is 4.75. The molecule has 0 spiro atoms. The zero-order valence-electron chi connectivity index (χ0n) is 23.6. The quantitative estimate of drug-likeness (QED) is 0.271. The third-order valence-electron chi connectivity index (χ3n) is 8.59. The van der Waals surface area contributed by atoms with Crippen molar-refractivity contribution in [1.82, 2.24) is 14.8 Å². The van der Waals surface area contributed by atoms with Gasteiger partial charge in [0.05, 0.1) is 23.6 Å². The van der Waals surface area contributed by atoms with Crippen LogP contribution >= 0.6 is 27.7 Å². The van der Waals surface area contributed by atoms with Crippen LogP contribution < -0.4 is 5.32 Å². The minimum atomic E-state index is -1.86. The second-order valence-corrected chi connectivity index (χ2v) is 19.3. The third kappa shape index (κ3) is 5.79. The molecule has 1 saturated carbocycles. The van der Waals surface area contributed by atoms with Gasteiger partial charge in [0.25, 0.3) is 0 Å². The van der Waals surface area contributed by atoms with Crippen LogP contribution in [0.5, 0.6) is 0 Å². The molecule has 2 unspecified atom stereocenters. The number of halogens is 1. The molecule has 5 nitrogen and oxygen atoms in total. The van der Waals surface area contributed by atoms with Gasteiger partial charge in [0.2, 0.25) is 0 Å². The fourth-order valence-electron chi connectivity index (χ4n) is 4.94. The molecule has 2 aromatic heterocycles. The molecule has 0 radical (unpaired) electrons. The average molecular weight is 614 g/mol. The van der Waals surface area contributed by atoms with E-state index < -0.39 is 8.32 Å². The molecule has 2 atom stereocenters. The fraction of sp³-hybridized carbons (Fsp3) is 0.533. The Balaban J connectivity index is 1.59. The van der Waals surface area contributed by atoms with Crippen LogP contribution in [0.25, 0.3) is 11.4 Å². The first-order valence-corrected chi connectivity index (χ1v) is 18.6. The van der Waals surface area contributed by atoms with E-state index in [0.717, 1.165) is 34.0 Å². The summed E-state index contributed by atoms with van der Waals surface area (Å²) in [5, 5.41) is 9.58. The molecule has 0 bridgehead atoms. The molecule has 1 aliphatic heterocycles. The van der Waals surface area contributed by atoms with E-state index >= 15 is 0 Å². The highest BCUT2D eigenvalue weighted by atomic mass is 79.9. The van der Waals surface area contributed by atoms with Crippen LogP contribution in [0.1, 0.15) is 62.0 Å². The number of benzene rings is 1. The molecule has 1 aliphatic carbocycles. The van der Waals surface area contributed by atoms with Crippen molar-refractivity contribution in [2.45, 2.75) is 82.9 Å². The summed E-state index contributed by atoms with van der Waals surface area (Å²) in [6.07, 6.45) is 5.78. The van der Waals surface area contributed by atoms with E-state index in [9.17, 15) is 0 Å². The number of pyridine rings is 1. The van der Waals surface area contributed by atoms with E-state index in [1.54, 1.807) is 0 Å². The number of anilines is 1. The maximum Gasteiger partial charge on any atom is 0.192 e. The van der Waals surface area contributed by atoms with Gasteiger partial charge >= 0.3 is 0 Å². The lowest BCUT2D eigenvalue weighted by Gasteiger charge is -2.37. The molecule has 3 heterocycles. The highest BCUT2D eigenvalue weighted by Crippen LogP contribution is 2.48. The molecule has 3 aromatic rings. The van der Waals surface area contributed by atoms with E-state index in [2.05, 4.69) is 97.0 Å². The van der Waals surface area contributed by atoms with Crippen LogP contribution in [-0.2, 0) is 11.0 Å². The van der Waals surface area contributed by atoms with Crippen molar-refractivity contribution in [2.75, 3.05) is 17.7 Å². The Hall–Kier alpha value is -1.61. The Morgan fingerprint density at radius 3 is 2.61 bits per heavy atom. The highest BCUT2D eigenvalue weighted by molar-refractivity contribution is 9.10. The van der Waals surface area contributed by atoms with Gasteiger partial charge in [-0.05, 0) is 79.2 Å². The van der Waals surface area contributed by atoms with Crippen LogP contribution in [0, 0.1) is 12.8 Å². The van der Waals surface area contributed by atoms with Crippen molar-refractivity contribution in [3.05, 3.63) is 63.8 Å². The third-order valence-corrected chi connectivity index (χ3v) is 15.0. The zero-order chi connectivity index (χ0) is 27.1. The van der Waals surface area contributed by atoms with Crippen molar-refractivity contribution in [1.29, 1.82) is 0 Å². The summed E-state index contributed by atoms with van der Waals surface area (Å²) < 4.78 is 10.1. The number of nitrogens with zero attached hydrogens (tertiary/aromatic N) is 3. The van der Waals surface area contributed by atoms with E-state index in [1.807, 2.05) is 24.0 Å². The number of fused-ring (bicyclic) bond motifs is 1. The van der Waals surface area contributed by atoms with Crippen molar-refractivity contribution in [3.63, 3.8) is 0 Å². The Bertz CT molecular complexity index is 1270. The van der Waals surface area contributed by atoms with Crippen LogP contribution in [0.3, 0.4) is 0 Å². The van der Waals surface area contributed by atoms with E-state index in [1.165, 1.54) is 36.0 Å². The molecule has 0 amide bonds. The lowest BCUT2D eigenvalue weighted by atomic mass is 9.85. The summed E-state index contributed by atoms with van der Waals surface area (Å²) in [6.45, 7) is 15.5. The molecule has 8 heteroatoms. The fourth-order valence-corrected chi connectivity index (χ4v) is 7.91. The van der Waals surface area contributed by atoms with Crippen molar-refractivity contribution >= 4 is 41.8 Å². The maximum atomic E-state index is 6.74. The predicted molar refractivity (Wildman–Crippen MR) is 167 cm³/mol. The largest absolute Gasteiger partial charge is 0.415 e. The normalized spacial score (nSPS) is 20.4. The number of thioether (sulfide) groups is 1. The van der Waals surface area contributed by atoms with Crippen molar-refractivity contribution in [2.24, 2.45) is 5.92 Å². The molecule has 0 saturated heterocycles. The van der Waals surface area contributed by atoms with Gasteiger partial charge in [-0.2, -0.15) is 5.10 Å². The maximum absolute atomic E-state index is 6.74. The van der Waals surface area contributed by atoms with Crippen LogP contribution in [0.2, 0.25) is 18.1 Å². The zero-order valence-corrected chi connectivity index (χ0v) is 27.0. The first-order valence-electron chi connectivity index (χ1n) is 13.8. The lowest BCUT2D eigenvalue weighted by Crippen LogP contribution is -2.44. The SMILES string of the molecule is Cc1cc(Br)ccc1C1SCC(CO[Si](C)(C)C(C)(C)C)Nc2c1c(-c1ccccn1)nn2CC1CCC1. The highest BCUT2D eigenvalue weighted by Gasteiger charge is 2.39. The van der Waals surface area contributed by atoms with Gasteiger partial charge < -0.3 is 9.74 Å². The van der Waals surface area contributed by atoms with Gasteiger partial charge in [0.15, 0.2) is 8.32 Å². The minimum Gasteiger partial charge on any atom is -0.415 e. The van der Waals surface area contributed by atoms with E-state index in [0.29, 0.717) is 12.5 Å². The molecular formula is C30H41BrN4OSSi. The molecule has 1 aromatic carbocycles. The van der Waals surface area contributed by atoms with E-state index in [4.69, 9.17) is 14.5 Å². The summed E-state index contributed by atoms with van der Waals surface area (Å²) in [7, 11) is -1.86. The monoisotopic (exact) mass is 612 g/mol. The topological polar surface area (TPSA) is 52.0 Å². The molecule has 2 aliphatic rings. The Labute approximate surface area is 241 Å². The van der Waals surface area contributed by atoms with Gasteiger partial charge in [0.1, 0.15) is 11.5 Å². The van der Waals surface area contributed by atoms with Gasteiger partial charge in [-0.15, -0.1) is 11.8 Å². The van der Waals surface area contributed by atoms with Gasteiger partial charge in [-0.1, -0.05) is 55.3 Å². The summed E-state index contributed by atoms with van der Waals surface area (Å²) in [5.74, 6) is 2.82. The van der Waals surface area contributed by atoms with E-state index in [-0.39, 0.29) is 16.3 Å². The Kier molecular flexibility index (Phi) is 8.16. The number of rotatable bonds is 7. The second-order valence-electron chi connectivity index (χ2n) is 12.4. The van der Waals surface area contributed by atoms with Crippen molar-refractivity contribution < 1.29 is 4.43 Å². The molecular weight excluding hydrogens is 572 g/mol. The summed E-state index contributed by atoms with van der Waals surface area (Å²) in [5.41, 5.74) is 5.82. The molecule has 38 heavy (non-hydrogen) atoms.